The van der Waals surface area contributed by atoms with Crippen molar-refractivity contribution in [2.45, 2.75) is 18.9 Å². The van der Waals surface area contributed by atoms with E-state index in [-0.39, 0.29) is 17.3 Å². The van der Waals surface area contributed by atoms with Gasteiger partial charge in [-0.15, -0.1) is 0 Å². The van der Waals surface area contributed by atoms with E-state index in [1.807, 2.05) is 0 Å². The number of hydrogen-bond donors (Lipinski definition) is 2. The van der Waals surface area contributed by atoms with Gasteiger partial charge in [-0.05, 0) is 19.9 Å². The quantitative estimate of drug-likeness (QED) is 0.325. The molecule has 10 heteroatoms. The van der Waals surface area contributed by atoms with E-state index in [0.717, 1.165) is 52.1 Å². The van der Waals surface area contributed by atoms with Crippen molar-refractivity contribution in [3.05, 3.63) is 22.2 Å². The van der Waals surface area contributed by atoms with Crippen LogP contribution < -0.4 is 21.1 Å². The molecule has 0 spiro atoms. The van der Waals surface area contributed by atoms with Gasteiger partial charge in [0.2, 0.25) is 0 Å². The fourth-order valence-electron chi connectivity index (χ4n) is 4.00. The number of likely N-dealkylation sites (N-methyl/N-ethyl adjacent to an activating group) is 1. The molecule has 1 aromatic carbocycles. The zero-order chi connectivity index (χ0) is 20.3. The van der Waals surface area contributed by atoms with Gasteiger partial charge in [0.25, 0.3) is 5.69 Å². The summed E-state index contributed by atoms with van der Waals surface area (Å²) in [5, 5.41) is 11.7. The Morgan fingerprint density at radius 1 is 1.18 bits per heavy atom. The number of anilines is 1. The highest BCUT2D eigenvalue weighted by molar-refractivity contribution is 5.82. The van der Waals surface area contributed by atoms with E-state index in [9.17, 15) is 10.1 Å². The van der Waals surface area contributed by atoms with Crippen LogP contribution >= 0.6 is 0 Å². The van der Waals surface area contributed by atoms with Gasteiger partial charge >= 0.3 is 0 Å². The second-order valence-electron chi connectivity index (χ2n) is 7.36. The summed E-state index contributed by atoms with van der Waals surface area (Å²) in [6.45, 7) is 5.89. The first-order chi connectivity index (χ1) is 13.4. The molecule has 0 aromatic heterocycles. The summed E-state index contributed by atoms with van der Waals surface area (Å²) < 4.78 is 5.36. The molecular weight excluding hydrogens is 362 g/mol. The number of piperidine rings is 1. The standard InChI is InChI=1S/C18H29N7O3/c1-22-7-9-23(10-8-22)13-3-5-24(6-4-13)15-12-17(28-2)14(21-18(19)20)11-16(15)25(26)27/h11-13H,3-10H2,1-2H3,(H4,19,20,21). The van der Waals surface area contributed by atoms with Gasteiger partial charge in [-0.3, -0.25) is 15.0 Å². The first-order valence-electron chi connectivity index (χ1n) is 9.52. The van der Waals surface area contributed by atoms with Crippen molar-refractivity contribution in [2.75, 3.05) is 58.3 Å². The third-order valence-corrected chi connectivity index (χ3v) is 5.58. The van der Waals surface area contributed by atoms with Gasteiger partial charge in [-0.25, -0.2) is 4.99 Å². The Bertz CT molecular complexity index is 735. The van der Waals surface area contributed by atoms with Crippen LogP contribution in [0.2, 0.25) is 0 Å². The highest BCUT2D eigenvalue weighted by atomic mass is 16.6. The Morgan fingerprint density at radius 3 is 2.36 bits per heavy atom. The molecule has 2 fully saturated rings. The van der Waals surface area contributed by atoms with Gasteiger partial charge in [0, 0.05) is 57.4 Å². The summed E-state index contributed by atoms with van der Waals surface area (Å²) >= 11 is 0. The molecule has 0 radical (unpaired) electrons. The molecule has 10 nitrogen and oxygen atoms in total. The number of ether oxygens (including phenoxy) is 1. The van der Waals surface area contributed by atoms with Gasteiger partial charge < -0.3 is 26.0 Å². The normalized spacial score (nSPS) is 19.4. The number of hydrogen-bond acceptors (Lipinski definition) is 7. The number of piperazine rings is 1. The highest BCUT2D eigenvalue weighted by Crippen LogP contribution is 2.40. The Kier molecular flexibility index (Phi) is 6.20. The molecule has 0 atom stereocenters. The van der Waals surface area contributed by atoms with Crippen molar-refractivity contribution in [3.63, 3.8) is 0 Å². The molecule has 0 saturated carbocycles. The van der Waals surface area contributed by atoms with Crippen LogP contribution in [0.1, 0.15) is 12.8 Å². The van der Waals surface area contributed by atoms with Crippen LogP contribution in [0.15, 0.2) is 17.1 Å². The molecule has 3 rings (SSSR count). The number of nitro groups is 1. The lowest BCUT2D eigenvalue weighted by Crippen LogP contribution is -2.52. The molecule has 2 aliphatic heterocycles. The molecule has 0 amide bonds. The molecule has 2 heterocycles. The second kappa shape index (κ2) is 8.61. The molecule has 0 aliphatic carbocycles. The summed E-state index contributed by atoms with van der Waals surface area (Å²) in [6, 6.07) is 3.57. The minimum atomic E-state index is -0.396. The van der Waals surface area contributed by atoms with Crippen LogP contribution in [0.4, 0.5) is 17.1 Å². The number of nitrogens with two attached hydrogens (primary N) is 2. The van der Waals surface area contributed by atoms with Gasteiger partial charge in [0.1, 0.15) is 17.1 Å². The maximum Gasteiger partial charge on any atom is 0.294 e. The highest BCUT2D eigenvalue weighted by Gasteiger charge is 2.30. The van der Waals surface area contributed by atoms with Crippen molar-refractivity contribution in [1.29, 1.82) is 0 Å². The molecule has 2 aliphatic rings. The average molecular weight is 391 g/mol. The number of benzene rings is 1. The fourth-order valence-corrected chi connectivity index (χ4v) is 4.00. The smallest absolute Gasteiger partial charge is 0.294 e. The van der Waals surface area contributed by atoms with Crippen molar-refractivity contribution in [1.82, 2.24) is 9.80 Å². The van der Waals surface area contributed by atoms with E-state index >= 15 is 0 Å². The third kappa shape index (κ3) is 4.45. The molecule has 4 N–H and O–H groups in total. The molecule has 2 saturated heterocycles. The monoisotopic (exact) mass is 391 g/mol. The lowest BCUT2D eigenvalue weighted by atomic mass is 10.0. The molecule has 0 bridgehead atoms. The average Bonchev–Trinajstić information content (AvgIpc) is 2.68. The second-order valence-corrected chi connectivity index (χ2v) is 7.36. The Balaban J connectivity index is 1.78. The zero-order valence-electron chi connectivity index (χ0n) is 16.5. The van der Waals surface area contributed by atoms with E-state index in [1.165, 1.54) is 13.2 Å². The van der Waals surface area contributed by atoms with E-state index < -0.39 is 4.92 Å². The molecule has 0 unspecified atom stereocenters. The summed E-state index contributed by atoms with van der Waals surface area (Å²) in [5.74, 6) is 0.239. The Morgan fingerprint density at radius 2 is 1.82 bits per heavy atom. The number of nitro benzene ring substituents is 1. The number of methoxy groups -OCH3 is 1. The van der Waals surface area contributed by atoms with Crippen LogP contribution in [0.25, 0.3) is 0 Å². The predicted octanol–water partition coefficient (Wildman–Crippen LogP) is 0.725. The lowest BCUT2D eigenvalue weighted by Gasteiger charge is -2.42. The number of nitrogens with zero attached hydrogens (tertiary/aromatic N) is 5. The van der Waals surface area contributed by atoms with Crippen molar-refractivity contribution < 1.29 is 9.66 Å². The molecule has 154 valence electrons. The number of aliphatic imine (C=N–C) groups is 1. The topological polar surface area (TPSA) is 126 Å². The number of guanidine groups is 1. The van der Waals surface area contributed by atoms with Gasteiger partial charge in [-0.1, -0.05) is 0 Å². The van der Waals surface area contributed by atoms with Gasteiger partial charge in [-0.2, -0.15) is 0 Å². The van der Waals surface area contributed by atoms with Crippen LogP contribution in [0, 0.1) is 10.1 Å². The summed E-state index contributed by atoms with van der Waals surface area (Å²) in [5.41, 5.74) is 11.7. The first-order valence-corrected chi connectivity index (χ1v) is 9.52. The Hall–Kier alpha value is -2.59. The van der Waals surface area contributed by atoms with Crippen LogP contribution in [-0.4, -0.2) is 80.2 Å². The molecular formula is C18H29N7O3. The fraction of sp³-hybridized carbons (Fsp3) is 0.611. The van der Waals surface area contributed by atoms with Crippen molar-refractivity contribution in [2.24, 2.45) is 16.5 Å². The minimum Gasteiger partial charge on any atom is -0.494 e. The third-order valence-electron chi connectivity index (χ3n) is 5.58. The SMILES string of the molecule is COc1cc(N2CCC(N3CCN(C)CC3)CC2)c([N+](=O)[O-])cc1N=C(N)N. The lowest BCUT2D eigenvalue weighted by molar-refractivity contribution is -0.384. The zero-order valence-corrected chi connectivity index (χ0v) is 16.5. The van der Waals surface area contributed by atoms with Crippen LogP contribution in [0.5, 0.6) is 5.75 Å². The van der Waals surface area contributed by atoms with E-state index in [2.05, 4.69) is 26.7 Å². The minimum absolute atomic E-state index is 0.0150. The van der Waals surface area contributed by atoms with Crippen molar-refractivity contribution in [3.8, 4) is 5.75 Å². The maximum atomic E-state index is 11.7. The summed E-state index contributed by atoms with van der Waals surface area (Å²) in [7, 11) is 3.65. The van der Waals surface area contributed by atoms with E-state index in [1.54, 1.807) is 6.07 Å². The predicted molar refractivity (Wildman–Crippen MR) is 109 cm³/mol. The largest absolute Gasteiger partial charge is 0.494 e. The summed E-state index contributed by atoms with van der Waals surface area (Å²) in [6.07, 6.45) is 1.97. The van der Waals surface area contributed by atoms with Crippen LogP contribution in [-0.2, 0) is 0 Å². The molecule has 1 aromatic rings. The number of rotatable bonds is 5. The Labute approximate surface area is 164 Å². The first kappa shape index (κ1) is 20.2. The molecule has 28 heavy (non-hydrogen) atoms. The van der Waals surface area contributed by atoms with E-state index in [4.69, 9.17) is 16.2 Å². The van der Waals surface area contributed by atoms with Crippen LogP contribution in [0.3, 0.4) is 0 Å². The van der Waals surface area contributed by atoms with Gasteiger partial charge in [0.05, 0.1) is 12.0 Å². The maximum absolute atomic E-state index is 11.7. The van der Waals surface area contributed by atoms with Crippen molar-refractivity contribution >= 4 is 23.0 Å². The van der Waals surface area contributed by atoms with Gasteiger partial charge in [0.15, 0.2) is 5.96 Å². The van der Waals surface area contributed by atoms with E-state index in [0.29, 0.717) is 17.5 Å². The summed E-state index contributed by atoms with van der Waals surface area (Å²) in [4.78, 5) is 22.2.